The minimum atomic E-state index is -0.383. The zero-order valence-corrected chi connectivity index (χ0v) is 11.2. The molecule has 0 aliphatic heterocycles. The van der Waals surface area contributed by atoms with Crippen molar-refractivity contribution < 1.29 is 4.79 Å². The summed E-state index contributed by atoms with van der Waals surface area (Å²) in [6, 6.07) is 0. The summed E-state index contributed by atoms with van der Waals surface area (Å²) in [5, 5.41) is 18.3. The molecule has 2 N–H and O–H groups in total. The molecule has 0 aliphatic rings. The summed E-state index contributed by atoms with van der Waals surface area (Å²) in [7, 11) is 0. The van der Waals surface area contributed by atoms with Crippen molar-refractivity contribution in [2.75, 3.05) is 5.32 Å². The first kappa shape index (κ1) is 12.6. The first-order chi connectivity index (χ1) is 8.54. The molecule has 96 valence electrons. The summed E-state index contributed by atoms with van der Waals surface area (Å²) < 4.78 is 0. The largest absolute Gasteiger partial charge is 0.297 e. The van der Waals surface area contributed by atoms with Crippen LogP contribution < -0.4 is 5.32 Å². The lowest BCUT2D eigenvalue weighted by Crippen LogP contribution is -2.13. The van der Waals surface area contributed by atoms with Crippen molar-refractivity contribution in [1.82, 2.24) is 25.4 Å². The van der Waals surface area contributed by atoms with Gasteiger partial charge in [0.2, 0.25) is 11.0 Å². The average Bonchev–Trinajstić information content (AvgIpc) is 2.87. The van der Waals surface area contributed by atoms with Gasteiger partial charge < -0.3 is 0 Å². The molecule has 8 heteroatoms. The van der Waals surface area contributed by atoms with Crippen molar-refractivity contribution in [3.63, 3.8) is 0 Å². The molecular weight excluding hydrogens is 252 g/mol. The number of hydrogen-bond acceptors (Lipinski definition) is 6. The van der Waals surface area contributed by atoms with Crippen LogP contribution in [0.5, 0.6) is 0 Å². The van der Waals surface area contributed by atoms with E-state index in [9.17, 15) is 4.79 Å². The second-order valence-electron chi connectivity index (χ2n) is 4.30. The normalized spacial score (nSPS) is 10.9. The zero-order chi connectivity index (χ0) is 13.1. The average molecular weight is 266 g/mol. The third-order valence-electron chi connectivity index (χ3n) is 2.07. The van der Waals surface area contributed by atoms with Gasteiger partial charge in [0.1, 0.15) is 10.8 Å². The van der Waals surface area contributed by atoms with Gasteiger partial charge in [0.25, 0.3) is 5.91 Å². The number of carbonyl (C=O) groups is 1. The van der Waals surface area contributed by atoms with Crippen LogP contribution in [0, 0.1) is 12.8 Å². The van der Waals surface area contributed by atoms with Crippen molar-refractivity contribution >= 4 is 22.4 Å². The summed E-state index contributed by atoms with van der Waals surface area (Å²) in [6.07, 6.45) is 0.854. The summed E-state index contributed by atoms with van der Waals surface area (Å²) in [5.41, 5.74) is 0. The minimum absolute atomic E-state index is 0.105. The second-order valence-corrected chi connectivity index (χ2v) is 5.36. The van der Waals surface area contributed by atoms with Crippen molar-refractivity contribution in [3.8, 4) is 0 Å². The molecule has 0 spiro atoms. The Hall–Kier alpha value is -1.83. The predicted molar refractivity (Wildman–Crippen MR) is 67.5 cm³/mol. The van der Waals surface area contributed by atoms with Crippen LogP contribution >= 0.6 is 11.3 Å². The van der Waals surface area contributed by atoms with Gasteiger partial charge in [0.15, 0.2) is 0 Å². The summed E-state index contributed by atoms with van der Waals surface area (Å²) >= 11 is 1.37. The number of nitrogens with one attached hydrogen (secondary N) is 2. The SMILES string of the molecule is Cc1nc(C(=O)Nc2nnc(CC(C)C)s2)n[nH]1. The summed E-state index contributed by atoms with van der Waals surface area (Å²) in [4.78, 5) is 15.7. The summed E-state index contributed by atoms with van der Waals surface area (Å²) in [6.45, 7) is 5.95. The number of nitrogens with zero attached hydrogens (tertiary/aromatic N) is 4. The Kier molecular flexibility index (Phi) is 3.66. The topological polar surface area (TPSA) is 96.5 Å². The fraction of sp³-hybridized carbons (Fsp3) is 0.500. The van der Waals surface area contributed by atoms with Gasteiger partial charge in [-0.2, -0.15) is 0 Å². The van der Waals surface area contributed by atoms with E-state index >= 15 is 0 Å². The summed E-state index contributed by atoms with van der Waals surface area (Å²) in [5.74, 6) is 0.828. The highest BCUT2D eigenvalue weighted by Gasteiger charge is 2.14. The molecule has 7 nitrogen and oxygen atoms in total. The number of hydrogen-bond donors (Lipinski definition) is 2. The molecule has 0 atom stereocenters. The van der Waals surface area contributed by atoms with Crippen LogP contribution in [0.2, 0.25) is 0 Å². The quantitative estimate of drug-likeness (QED) is 0.872. The van der Waals surface area contributed by atoms with E-state index in [-0.39, 0.29) is 11.7 Å². The molecule has 2 aromatic rings. The third-order valence-corrected chi connectivity index (χ3v) is 2.93. The standard InChI is InChI=1S/C10H14N6OS/c1-5(2)4-7-14-16-10(18-7)12-9(17)8-11-6(3)13-15-8/h5H,4H2,1-3H3,(H,11,13,15)(H,12,16,17). The second kappa shape index (κ2) is 5.21. The molecule has 0 fully saturated rings. The number of aromatic amines is 1. The van der Waals surface area contributed by atoms with Gasteiger partial charge in [0, 0.05) is 6.42 Å². The van der Waals surface area contributed by atoms with E-state index in [2.05, 4.69) is 44.5 Å². The van der Waals surface area contributed by atoms with E-state index in [1.807, 2.05) is 0 Å². The highest BCUT2D eigenvalue weighted by atomic mass is 32.1. The molecule has 0 aromatic carbocycles. The van der Waals surface area contributed by atoms with Crippen LogP contribution in [0.25, 0.3) is 0 Å². The van der Waals surface area contributed by atoms with Crippen LogP contribution in [0.1, 0.15) is 35.3 Å². The number of aromatic nitrogens is 5. The maximum atomic E-state index is 11.7. The number of carbonyl (C=O) groups excluding carboxylic acids is 1. The Labute approximate surface area is 108 Å². The Morgan fingerprint density at radius 2 is 2.22 bits per heavy atom. The predicted octanol–water partition coefficient (Wildman–Crippen LogP) is 1.42. The van der Waals surface area contributed by atoms with E-state index in [0.29, 0.717) is 16.9 Å². The van der Waals surface area contributed by atoms with Gasteiger partial charge in [-0.15, -0.1) is 15.3 Å². The number of amides is 1. The molecule has 0 saturated carbocycles. The number of aryl methyl sites for hydroxylation is 1. The van der Waals surface area contributed by atoms with Crippen molar-refractivity contribution in [2.24, 2.45) is 5.92 Å². The number of rotatable bonds is 4. The highest BCUT2D eigenvalue weighted by Crippen LogP contribution is 2.18. The van der Waals surface area contributed by atoms with Crippen molar-refractivity contribution in [2.45, 2.75) is 27.2 Å². The Morgan fingerprint density at radius 3 is 2.83 bits per heavy atom. The van der Waals surface area contributed by atoms with E-state index in [0.717, 1.165) is 11.4 Å². The first-order valence-corrected chi connectivity index (χ1v) is 6.39. The Balaban J connectivity index is 2.01. The molecule has 18 heavy (non-hydrogen) atoms. The molecule has 0 saturated heterocycles. The van der Waals surface area contributed by atoms with Gasteiger partial charge in [-0.25, -0.2) is 4.98 Å². The molecule has 0 radical (unpaired) electrons. The van der Waals surface area contributed by atoms with Crippen LogP contribution in [0.15, 0.2) is 0 Å². The van der Waals surface area contributed by atoms with E-state index < -0.39 is 0 Å². The van der Waals surface area contributed by atoms with Crippen LogP contribution in [-0.4, -0.2) is 31.3 Å². The lowest BCUT2D eigenvalue weighted by molar-refractivity contribution is 0.101. The van der Waals surface area contributed by atoms with Gasteiger partial charge in [-0.05, 0) is 12.8 Å². The number of anilines is 1. The first-order valence-electron chi connectivity index (χ1n) is 5.57. The lowest BCUT2D eigenvalue weighted by Gasteiger charge is -1.97. The monoisotopic (exact) mass is 266 g/mol. The van der Waals surface area contributed by atoms with Crippen LogP contribution in [0.4, 0.5) is 5.13 Å². The zero-order valence-electron chi connectivity index (χ0n) is 10.4. The van der Waals surface area contributed by atoms with Crippen molar-refractivity contribution in [3.05, 3.63) is 16.7 Å². The molecule has 1 amide bonds. The van der Waals surface area contributed by atoms with Gasteiger partial charge in [-0.3, -0.25) is 15.2 Å². The molecular formula is C10H14N6OS. The molecule has 0 bridgehead atoms. The molecule has 2 heterocycles. The van der Waals surface area contributed by atoms with Crippen molar-refractivity contribution in [1.29, 1.82) is 0 Å². The van der Waals surface area contributed by atoms with Gasteiger partial charge in [0.05, 0.1) is 0 Å². The van der Waals surface area contributed by atoms with Crippen LogP contribution in [0.3, 0.4) is 0 Å². The van der Waals surface area contributed by atoms with Gasteiger partial charge >= 0.3 is 0 Å². The number of H-pyrrole nitrogens is 1. The molecule has 0 unspecified atom stereocenters. The molecule has 2 aromatic heterocycles. The molecule has 2 rings (SSSR count). The Bertz CT molecular complexity index is 546. The minimum Gasteiger partial charge on any atom is -0.294 e. The van der Waals surface area contributed by atoms with E-state index in [1.54, 1.807) is 6.92 Å². The molecule has 0 aliphatic carbocycles. The Morgan fingerprint density at radius 1 is 1.44 bits per heavy atom. The smallest absolute Gasteiger partial charge is 0.294 e. The maximum absolute atomic E-state index is 11.7. The fourth-order valence-corrected chi connectivity index (χ4v) is 2.28. The maximum Gasteiger partial charge on any atom is 0.297 e. The fourth-order valence-electron chi connectivity index (χ4n) is 1.33. The van der Waals surface area contributed by atoms with E-state index in [1.165, 1.54) is 11.3 Å². The highest BCUT2D eigenvalue weighted by molar-refractivity contribution is 7.15. The van der Waals surface area contributed by atoms with Gasteiger partial charge in [-0.1, -0.05) is 25.2 Å². The van der Waals surface area contributed by atoms with E-state index in [4.69, 9.17) is 0 Å². The third kappa shape index (κ3) is 3.10. The lowest BCUT2D eigenvalue weighted by atomic mass is 10.1. The van der Waals surface area contributed by atoms with Crippen LogP contribution in [-0.2, 0) is 6.42 Å².